The van der Waals surface area contributed by atoms with Crippen molar-refractivity contribution in [2.75, 3.05) is 0 Å². The second kappa shape index (κ2) is 6.10. The van der Waals surface area contributed by atoms with Crippen LogP contribution in [0, 0.1) is 10.1 Å². The lowest BCUT2D eigenvalue weighted by atomic mass is 10.1. The van der Waals surface area contributed by atoms with Crippen LogP contribution in [0.3, 0.4) is 0 Å². The molecule has 22 heavy (non-hydrogen) atoms. The summed E-state index contributed by atoms with van der Waals surface area (Å²) >= 11 is 0. The summed E-state index contributed by atoms with van der Waals surface area (Å²) in [5.41, 5.74) is -1.97. The van der Waals surface area contributed by atoms with Crippen molar-refractivity contribution in [2.45, 2.75) is 31.3 Å². The number of nitro groups is 1. The first-order valence-electron chi connectivity index (χ1n) is 5.97. The zero-order valence-corrected chi connectivity index (χ0v) is 12.8. The lowest BCUT2D eigenvalue weighted by Gasteiger charge is -2.22. The number of hydrogen-bond acceptors (Lipinski definition) is 7. The topological polar surface area (TPSA) is 133 Å². The largest absolute Gasteiger partial charge is 0.450 e. The smallest absolute Gasteiger partial charge is 0.303 e. The molecule has 10 heteroatoms. The van der Waals surface area contributed by atoms with Crippen molar-refractivity contribution in [1.29, 1.82) is 0 Å². The first kappa shape index (κ1) is 17.6. The lowest BCUT2D eigenvalue weighted by Crippen LogP contribution is -2.47. The van der Waals surface area contributed by atoms with Gasteiger partial charge in [-0.3, -0.25) is 19.7 Å². The summed E-state index contributed by atoms with van der Waals surface area (Å²) in [6.07, 6.45) is 0. The van der Waals surface area contributed by atoms with Crippen LogP contribution in [0.1, 0.15) is 20.8 Å². The predicted molar refractivity (Wildman–Crippen MR) is 74.3 cm³/mol. The van der Waals surface area contributed by atoms with Crippen molar-refractivity contribution >= 4 is 27.6 Å². The third kappa shape index (κ3) is 4.25. The molecule has 9 nitrogen and oxygen atoms in total. The molecule has 0 atom stereocenters. The van der Waals surface area contributed by atoms with E-state index in [1.807, 2.05) is 0 Å². The molecule has 0 bridgehead atoms. The Morgan fingerprint density at radius 3 is 2.14 bits per heavy atom. The summed E-state index contributed by atoms with van der Waals surface area (Å²) in [5, 5.41) is 10.5. The van der Waals surface area contributed by atoms with Crippen molar-refractivity contribution in [2.24, 2.45) is 0 Å². The average Bonchev–Trinajstić information content (AvgIpc) is 2.36. The minimum Gasteiger partial charge on any atom is -0.450 e. The number of nitrogens with zero attached hydrogens (tertiary/aromatic N) is 1. The molecule has 1 aromatic carbocycles. The number of esters is 1. The zero-order chi connectivity index (χ0) is 17.1. The van der Waals surface area contributed by atoms with Gasteiger partial charge in [-0.2, -0.15) is 0 Å². The van der Waals surface area contributed by atoms with E-state index in [-0.39, 0.29) is 10.6 Å². The molecule has 0 saturated heterocycles. The minimum absolute atomic E-state index is 0.287. The van der Waals surface area contributed by atoms with Crippen LogP contribution in [0.2, 0.25) is 0 Å². The molecule has 0 aliphatic carbocycles. The lowest BCUT2D eigenvalue weighted by molar-refractivity contribution is -0.384. The van der Waals surface area contributed by atoms with Crippen LogP contribution < -0.4 is 4.72 Å². The predicted octanol–water partition coefficient (Wildman–Crippen LogP) is 0.741. The van der Waals surface area contributed by atoms with E-state index < -0.39 is 32.4 Å². The highest BCUT2D eigenvalue weighted by Gasteiger charge is 2.34. The molecule has 1 aromatic rings. The van der Waals surface area contributed by atoms with E-state index in [4.69, 9.17) is 4.74 Å². The Bertz CT molecular complexity index is 707. The van der Waals surface area contributed by atoms with E-state index >= 15 is 0 Å². The Morgan fingerprint density at radius 2 is 1.73 bits per heavy atom. The fraction of sp³-hybridized carbons (Fsp3) is 0.333. The minimum atomic E-state index is -4.23. The van der Waals surface area contributed by atoms with E-state index in [2.05, 4.69) is 0 Å². The van der Waals surface area contributed by atoms with Crippen LogP contribution in [0.5, 0.6) is 0 Å². The normalized spacial score (nSPS) is 11.6. The number of ether oxygens (including phenoxy) is 1. The van der Waals surface area contributed by atoms with Gasteiger partial charge in [0.1, 0.15) is 0 Å². The van der Waals surface area contributed by atoms with Crippen LogP contribution in [-0.2, 0) is 24.3 Å². The van der Waals surface area contributed by atoms with Crippen LogP contribution in [0.15, 0.2) is 29.2 Å². The summed E-state index contributed by atoms with van der Waals surface area (Å²) in [6.45, 7) is 3.55. The Balaban J connectivity index is 2.98. The third-order valence-electron chi connectivity index (χ3n) is 2.53. The first-order chi connectivity index (χ1) is 9.95. The SMILES string of the molecule is CC(=O)OC(C)(C)C(=O)NS(=O)(=O)c1ccc([N+](=O)[O-])cc1. The maximum atomic E-state index is 12.0. The molecule has 0 aliphatic rings. The van der Waals surface area contributed by atoms with E-state index in [9.17, 15) is 28.1 Å². The summed E-state index contributed by atoms with van der Waals surface area (Å²) in [4.78, 5) is 32.3. The van der Waals surface area contributed by atoms with Gasteiger partial charge >= 0.3 is 5.97 Å². The highest BCUT2D eigenvalue weighted by Crippen LogP contribution is 2.17. The summed E-state index contributed by atoms with van der Waals surface area (Å²) in [5.74, 6) is -1.78. The summed E-state index contributed by atoms with van der Waals surface area (Å²) in [7, 11) is -4.23. The fourth-order valence-corrected chi connectivity index (χ4v) is 2.56. The summed E-state index contributed by atoms with van der Waals surface area (Å²) in [6, 6.07) is 3.98. The maximum absolute atomic E-state index is 12.0. The average molecular weight is 330 g/mol. The molecule has 0 saturated carbocycles. The third-order valence-corrected chi connectivity index (χ3v) is 3.88. The molecule has 0 aliphatic heterocycles. The quantitative estimate of drug-likeness (QED) is 0.478. The van der Waals surface area contributed by atoms with Gasteiger partial charge in [-0.25, -0.2) is 13.1 Å². The van der Waals surface area contributed by atoms with Gasteiger partial charge in [0.25, 0.3) is 21.6 Å². The van der Waals surface area contributed by atoms with Gasteiger partial charge < -0.3 is 4.74 Å². The van der Waals surface area contributed by atoms with E-state index in [1.54, 1.807) is 4.72 Å². The van der Waals surface area contributed by atoms with Crippen LogP contribution in [-0.4, -0.2) is 30.8 Å². The Morgan fingerprint density at radius 1 is 1.23 bits per heavy atom. The number of sulfonamides is 1. The first-order valence-corrected chi connectivity index (χ1v) is 7.45. The number of nitrogens with one attached hydrogen (secondary N) is 1. The summed E-state index contributed by atoms with van der Waals surface area (Å²) < 4.78 is 30.5. The molecule has 0 fully saturated rings. The van der Waals surface area contributed by atoms with E-state index in [0.717, 1.165) is 31.2 Å². The van der Waals surface area contributed by atoms with Crippen molar-refractivity contribution in [3.8, 4) is 0 Å². The molecule has 1 rings (SSSR count). The molecule has 120 valence electrons. The molecule has 0 spiro atoms. The van der Waals surface area contributed by atoms with Crippen LogP contribution >= 0.6 is 0 Å². The standard InChI is InChI=1S/C12H14N2O7S/c1-8(15)21-12(2,3)11(16)13-22(19,20)10-6-4-9(5-7-10)14(17)18/h4-7H,1-3H3,(H,13,16). The van der Waals surface area contributed by atoms with Gasteiger partial charge in [0, 0.05) is 19.1 Å². The zero-order valence-electron chi connectivity index (χ0n) is 12.0. The number of non-ortho nitro benzene ring substituents is 1. The molecular weight excluding hydrogens is 316 g/mol. The Hall–Kier alpha value is -2.49. The molecule has 0 heterocycles. The molecule has 0 radical (unpaired) electrons. The molecule has 1 amide bonds. The van der Waals surface area contributed by atoms with Gasteiger partial charge in [-0.05, 0) is 26.0 Å². The number of benzene rings is 1. The monoisotopic (exact) mass is 330 g/mol. The Labute approximate surface area is 126 Å². The molecule has 1 N–H and O–H groups in total. The van der Waals surface area contributed by atoms with Crippen molar-refractivity contribution in [3.05, 3.63) is 34.4 Å². The highest BCUT2D eigenvalue weighted by molar-refractivity contribution is 7.90. The van der Waals surface area contributed by atoms with Crippen molar-refractivity contribution in [1.82, 2.24) is 4.72 Å². The van der Waals surface area contributed by atoms with Gasteiger partial charge in [0.15, 0.2) is 5.60 Å². The molecule has 0 unspecified atom stereocenters. The molecular formula is C12H14N2O7S. The van der Waals surface area contributed by atoms with Crippen molar-refractivity contribution < 1.29 is 27.7 Å². The van der Waals surface area contributed by atoms with Gasteiger partial charge in [0.2, 0.25) is 0 Å². The maximum Gasteiger partial charge on any atom is 0.303 e. The number of amides is 1. The van der Waals surface area contributed by atoms with E-state index in [1.165, 1.54) is 13.8 Å². The number of carbonyl (C=O) groups excluding carboxylic acids is 2. The Kier molecular flexibility index (Phi) is 4.87. The number of hydrogen-bond donors (Lipinski definition) is 1. The van der Waals surface area contributed by atoms with Crippen molar-refractivity contribution in [3.63, 3.8) is 0 Å². The van der Waals surface area contributed by atoms with Gasteiger partial charge in [-0.1, -0.05) is 0 Å². The fourth-order valence-electron chi connectivity index (χ4n) is 1.46. The second-order valence-electron chi connectivity index (χ2n) is 4.79. The van der Waals surface area contributed by atoms with Crippen LogP contribution in [0.25, 0.3) is 0 Å². The van der Waals surface area contributed by atoms with Crippen LogP contribution in [0.4, 0.5) is 5.69 Å². The van der Waals surface area contributed by atoms with Gasteiger partial charge in [-0.15, -0.1) is 0 Å². The molecule has 0 aromatic heterocycles. The highest BCUT2D eigenvalue weighted by atomic mass is 32.2. The number of nitro benzene ring substituents is 1. The van der Waals surface area contributed by atoms with Gasteiger partial charge in [0.05, 0.1) is 9.82 Å². The number of rotatable bonds is 5. The second-order valence-corrected chi connectivity index (χ2v) is 6.47. The number of carbonyl (C=O) groups is 2. The van der Waals surface area contributed by atoms with E-state index in [0.29, 0.717) is 0 Å².